The fraction of sp³-hybridized carbons (Fsp3) is 0.476. The highest BCUT2D eigenvalue weighted by Gasteiger charge is 2.27. The molecule has 1 unspecified atom stereocenters. The van der Waals surface area contributed by atoms with Gasteiger partial charge in [-0.3, -0.25) is 10.1 Å². The van der Waals surface area contributed by atoms with Crippen LogP contribution in [0.15, 0.2) is 24.8 Å². The second-order valence-electron chi connectivity index (χ2n) is 7.24. The second-order valence-corrected chi connectivity index (χ2v) is 7.24. The topological polar surface area (TPSA) is 82.5 Å². The van der Waals surface area contributed by atoms with Gasteiger partial charge in [-0.15, -0.1) is 0 Å². The van der Waals surface area contributed by atoms with Gasteiger partial charge in [0.25, 0.3) is 0 Å². The summed E-state index contributed by atoms with van der Waals surface area (Å²) in [5.74, 6) is -0.421. The molecule has 1 atom stereocenters. The number of aryl methyl sites for hydroxylation is 2. The van der Waals surface area contributed by atoms with E-state index in [0.717, 1.165) is 44.2 Å². The number of rotatable bonds is 6. The van der Waals surface area contributed by atoms with E-state index in [1.54, 1.807) is 23.9 Å². The van der Waals surface area contributed by atoms with Crippen molar-refractivity contribution in [1.29, 1.82) is 0 Å². The van der Waals surface area contributed by atoms with Crippen LogP contribution in [-0.4, -0.2) is 28.2 Å². The highest BCUT2D eigenvalue weighted by Crippen LogP contribution is 2.38. The SMILES string of the molecule is CCOC(=O)CC(OC(=O)Nc1c2c(cc3c1CCC3)CCC2)n1ccnc1. The lowest BCUT2D eigenvalue weighted by Crippen LogP contribution is -2.24. The Kier molecular flexibility index (Phi) is 5.32. The molecule has 1 heterocycles. The van der Waals surface area contributed by atoms with Crippen LogP contribution in [0, 0.1) is 0 Å². The van der Waals surface area contributed by atoms with Crippen molar-refractivity contribution in [3.05, 3.63) is 47.0 Å². The second kappa shape index (κ2) is 8.04. The summed E-state index contributed by atoms with van der Waals surface area (Å²) in [5, 5.41) is 2.99. The number of fused-ring (bicyclic) bond motifs is 2. The molecule has 4 rings (SSSR count). The Labute approximate surface area is 164 Å². The number of anilines is 1. The minimum absolute atomic E-state index is 0.0668. The molecule has 0 spiro atoms. The average Bonchev–Trinajstić information content (AvgIpc) is 3.42. The van der Waals surface area contributed by atoms with Gasteiger partial charge >= 0.3 is 12.1 Å². The number of nitrogens with one attached hydrogen (secondary N) is 1. The van der Waals surface area contributed by atoms with Crippen molar-refractivity contribution in [2.75, 3.05) is 11.9 Å². The van der Waals surface area contributed by atoms with Crippen molar-refractivity contribution in [3.63, 3.8) is 0 Å². The Bertz CT molecular complexity index is 844. The monoisotopic (exact) mass is 383 g/mol. The number of ether oxygens (including phenoxy) is 2. The number of amides is 1. The van der Waals surface area contributed by atoms with Crippen LogP contribution in [0.4, 0.5) is 10.5 Å². The van der Waals surface area contributed by atoms with Crippen LogP contribution in [0.5, 0.6) is 0 Å². The maximum Gasteiger partial charge on any atom is 0.413 e. The number of hydrogen-bond acceptors (Lipinski definition) is 5. The van der Waals surface area contributed by atoms with E-state index in [1.807, 2.05) is 0 Å². The lowest BCUT2D eigenvalue weighted by Gasteiger charge is -2.20. The van der Waals surface area contributed by atoms with Gasteiger partial charge in [0, 0.05) is 12.4 Å². The predicted octanol–water partition coefficient (Wildman–Crippen LogP) is 3.56. The van der Waals surface area contributed by atoms with Crippen LogP contribution >= 0.6 is 0 Å². The number of esters is 1. The van der Waals surface area contributed by atoms with Crippen molar-refractivity contribution in [2.24, 2.45) is 0 Å². The predicted molar refractivity (Wildman–Crippen MR) is 103 cm³/mol. The maximum atomic E-state index is 12.7. The molecule has 148 valence electrons. The van der Waals surface area contributed by atoms with Crippen LogP contribution in [0.3, 0.4) is 0 Å². The van der Waals surface area contributed by atoms with E-state index in [1.165, 1.54) is 28.6 Å². The summed E-state index contributed by atoms with van der Waals surface area (Å²) < 4.78 is 12.2. The van der Waals surface area contributed by atoms with Crippen molar-refractivity contribution in [2.45, 2.75) is 58.1 Å². The molecule has 0 fully saturated rings. The Balaban J connectivity index is 1.53. The quantitative estimate of drug-likeness (QED) is 0.771. The van der Waals surface area contributed by atoms with Crippen molar-refractivity contribution in [3.8, 4) is 0 Å². The van der Waals surface area contributed by atoms with E-state index in [9.17, 15) is 9.59 Å². The molecular weight excluding hydrogens is 358 g/mol. The highest BCUT2D eigenvalue weighted by molar-refractivity contribution is 5.88. The van der Waals surface area contributed by atoms with E-state index in [2.05, 4.69) is 16.4 Å². The molecule has 1 aromatic carbocycles. The minimum Gasteiger partial charge on any atom is -0.466 e. The Morgan fingerprint density at radius 1 is 1.18 bits per heavy atom. The molecule has 7 heteroatoms. The smallest absolute Gasteiger partial charge is 0.413 e. The van der Waals surface area contributed by atoms with Gasteiger partial charge in [0.05, 0.1) is 18.6 Å². The normalized spacial score (nSPS) is 15.6. The van der Waals surface area contributed by atoms with Crippen LogP contribution in [-0.2, 0) is 40.0 Å². The number of nitrogens with zero attached hydrogens (tertiary/aromatic N) is 2. The summed E-state index contributed by atoms with van der Waals surface area (Å²) in [4.78, 5) is 28.6. The summed E-state index contributed by atoms with van der Waals surface area (Å²) in [6.07, 6.45) is 9.65. The molecule has 28 heavy (non-hydrogen) atoms. The zero-order valence-electron chi connectivity index (χ0n) is 16.1. The van der Waals surface area contributed by atoms with E-state index in [0.29, 0.717) is 0 Å². The Hall–Kier alpha value is -2.83. The third-order valence-electron chi connectivity index (χ3n) is 5.45. The van der Waals surface area contributed by atoms with Gasteiger partial charge in [-0.2, -0.15) is 0 Å². The first kappa shape index (κ1) is 18.5. The molecule has 1 N–H and O–H groups in total. The zero-order valence-corrected chi connectivity index (χ0v) is 16.1. The fourth-order valence-corrected chi connectivity index (χ4v) is 4.23. The zero-order chi connectivity index (χ0) is 19.5. The lowest BCUT2D eigenvalue weighted by atomic mass is 9.99. The summed E-state index contributed by atoms with van der Waals surface area (Å²) in [7, 11) is 0. The molecule has 2 aliphatic carbocycles. The summed E-state index contributed by atoms with van der Waals surface area (Å²) in [6.45, 7) is 2.03. The number of carbonyl (C=O) groups is 2. The largest absolute Gasteiger partial charge is 0.466 e. The standard InChI is InChI=1S/C21H25N3O4/c1-2-27-19(25)12-18(24-10-9-22-13-24)28-21(26)23-20-16-7-3-5-14(16)11-15-6-4-8-17(15)20/h9-11,13,18H,2-8,12H2,1H3,(H,23,26). The molecule has 1 aromatic heterocycles. The fourth-order valence-electron chi connectivity index (χ4n) is 4.23. The molecule has 0 aliphatic heterocycles. The van der Waals surface area contributed by atoms with Crippen LogP contribution in [0.25, 0.3) is 0 Å². The summed E-state index contributed by atoms with van der Waals surface area (Å²) in [6, 6.07) is 2.32. The highest BCUT2D eigenvalue weighted by atomic mass is 16.6. The molecule has 1 amide bonds. The number of carbonyl (C=O) groups excluding carboxylic acids is 2. The molecule has 0 saturated heterocycles. The van der Waals surface area contributed by atoms with Gasteiger partial charge in [0.15, 0.2) is 6.23 Å². The van der Waals surface area contributed by atoms with Crippen molar-refractivity contribution >= 4 is 17.7 Å². The van der Waals surface area contributed by atoms with Gasteiger partial charge in [-0.05, 0) is 67.7 Å². The maximum absolute atomic E-state index is 12.7. The lowest BCUT2D eigenvalue weighted by molar-refractivity contribution is -0.146. The average molecular weight is 383 g/mol. The van der Waals surface area contributed by atoms with E-state index >= 15 is 0 Å². The van der Waals surface area contributed by atoms with Crippen molar-refractivity contribution < 1.29 is 19.1 Å². The summed E-state index contributed by atoms with van der Waals surface area (Å²) >= 11 is 0. The van der Waals surface area contributed by atoms with Gasteiger partial charge in [0.1, 0.15) is 6.42 Å². The van der Waals surface area contributed by atoms with E-state index < -0.39 is 18.3 Å². The van der Waals surface area contributed by atoms with Gasteiger partial charge in [0.2, 0.25) is 0 Å². The number of imidazole rings is 1. The molecule has 0 bridgehead atoms. The molecule has 2 aliphatic rings. The first-order chi connectivity index (χ1) is 13.7. The molecular formula is C21H25N3O4. The Morgan fingerprint density at radius 3 is 2.50 bits per heavy atom. The van der Waals surface area contributed by atoms with Gasteiger partial charge in [-0.25, -0.2) is 9.78 Å². The van der Waals surface area contributed by atoms with Gasteiger partial charge in [-0.1, -0.05) is 6.07 Å². The minimum atomic E-state index is -0.800. The molecule has 7 nitrogen and oxygen atoms in total. The Morgan fingerprint density at radius 2 is 1.89 bits per heavy atom. The molecule has 2 aromatic rings. The molecule has 0 saturated carbocycles. The van der Waals surface area contributed by atoms with Crippen molar-refractivity contribution in [1.82, 2.24) is 9.55 Å². The third-order valence-corrected chi connectivity index (χ3v) is 5.45. The number of benzene rings is 1. The van der Waals surface area contributed by atoms with Crippen LogP contribution in [0.2, 0.25) is 0 Å². The van der Waals surface area contributed by atoms with E-state index in [4.69, 9.17) is 9.47 Å². The van der Waals surface area contributed by atoms with E-state index in [-0.39, 0.29) is 13.0 Å². The number of aromatic nitrogens is 2. The number of hydrogen-bond donors (Lipinski definition) is 1. The first-order valence-electron chi connectivity index (χ1n) is 9.93. The first-order valence-corrected chi connectivity index (χ1v) is 9.93. The summed E-state index contributed by atoms with van der Waals surface area (Å²) in [5.41, 5.74) is 6.08. The third kappa shape index (κ3) is 3.74. The molecule has 0 radical (unpaired) electrons. The van der Waals surface area contributed by atoms with Crippen LogP contribution < -0.4 is 5.32 Å². The van der Waals surface area contributed by atoms with Gasteiger partial charge < -0.3 is 14.0 Å². The van der Waals surface area contributed by atoms with Crippen LogP contribution in [0.1, 0.15) is 54.7 Å².